The number of methoxy groups -OCH3 is 1. The molecule has 2 heterocycles. The number of anilines is 1. The molecule has 4 aromatic rings. The predicted molar refractivity (Wildman–Crippen MR) is 143 cm³/mol. The summed E-state index contributed by atoms with van der Waals surface area (Å²) in [6.07, 6.45) is 3.70. The van der Waals surface area contributed by atoms with E-state index in [9.17, 15) is 13.2 Å². The molecule has 7 nitrogen and oxygen atoms in total. The number of sulfone groups is 1. The van der Waals surface area contributed by atoms with Crippen LogP contribution in [0.15, 0.2) is 71.9 Å². The summed E-state index contributed by atoms with van der Waals surface area (Å²) in [4.78, 5) is 24.3. The van der Waals surface area contributed by atoms with E-state index in [0.29, 0.717) is 23.3 Å². The Labute approximate surface area is 215 Å². The maximum absolute atomic E-state index is 13.4. The maximum Gasteiger partial charge on any atom is 0.229 e. The van der Waals surface area contributed by atoms with Crippen molar-refractivity contribution in [2.75, 3.05) is 17.8 Å². The molecule has 0 bridgehead atoms. The lowest BCUT2D eigenvalue weighted by atomic mass is 10.0. The summed E-state index contributed by atoms with van der Waals surface area (Å²) < 4.78 is 31.7. The van der Waals surface area contributed by atoms with E-state index in [1.807, 2.05) is 24.3 Å². The van der Waals surface area contributed by atoms with E-state index in [0.717, 1.165) is 21.3 Å². The molecule has 0 N–H and O–H groups in total. The smallest absolute Gasteiger partial charge is 0.229 e. The predicted octanol–water partition coefficient (Wildman–Crippen LogP) is 5.61. The van der Waals surface area contributed by atoms with Crippen LogP contribution in [0.3, 0.4) is 0 Å². The summed E-state index contributed by atoms with van der Waals surface area (Å²) >= 11 is 1.47. The molecular formula is C27H29N3O4S2. The van der Waals surface area contributed by atoms with E-state index in [-0.39, 0.29) is 29.4 Å². The minimum Gasteiger partial charge on any atom is -0.497 e. The highest BCUT2D eigenvalue weighted by molar-refractivity contribution is 7.91. The Hall–Kier alpha value is -3.30. The van der Waals surface area contributed by atoms with Crippen molar-refractivity contribution in [1.82, 2.24) is 9.97 Å². The highest BCUT2D eigenvalue weighted by atomic mass is 32.2. The van der Waals surface area contributed by atoms with Gasteiger partial charge in [0.25, 0.3) is 0 Å². The number of hydrogen-bond acceptors (Lipinski definition) is 7. The maximum atomic E-state index is 13.4. The largest absolute Gasteiger partial charge is 0.497 e. The highest BCUT2D eigenvalue weighted by Gasteiger charge is 2.23. The number of hydrogen-bond donors (Lipinski definition) is 0. The Morgan fingerprint density at radius 1 is 1.08 bits per heavy atom. The number of ether oxygens (including phenoxy) is 1. The second kappa shape index (κ2) is 11.2. The number of rotatable bonds is 10. The minimum absolute atomic E-state index is 0.0859. The van der Waals surface area contributed by atoms with Gasteiger partial charge in [0.15, 0.2) is 15.0 Å². The molecule has 0 fully saturated rings. The summed E-state index contributed by atoms with van der Waals surface area (Å²) in [5.74, 6) is 0.596. The Morgan fingerprint density at radius 3 is 2.53 bits per heavy atom. The van der Waals surface area contributed by atoms with E-state index in [1.165, 1.54) is 30.6 Å². The lowest BCUT2D eigenvalue weighted by Crippen LogP contribution is -2.30. The van der Waals surface area contributed by atoms with Gasteiger partial charge >= 0.3 is 0 Å². The van der Waals surface area contributed by atoms with Crippen LogP contribution in [-0.2, 0) is 21.2 Å². The Balaban J connectivity index is 1.54. The van der Waals surface area contributed by atoms with Crippen molar-refractivity contribution in [1.29, 1.82) is 0 Å². The molecule has 0 aliphatic carbocycles. The number of benzene rings is 2. The number of nitrogens with zero attached hydrogens (tertiary/aromatic N) is 3. The van der Waals surface area contributed by atoms with Crippen molar-refractivity contribution in [3.8, 4) is 5.75 Å². The van der Waals surface area contributed by atoms with Crippen LogP contribution in [0.5, 0.6) is 5.75 Å². The first kappa shape index (κ1) is 25.8. The zero-order chi connectivity index (χ0) is 25.7. The average molecular weight is 524 g/mol. The van der Waals surface area contributed by atoms with Crippen LogP contribution in [0.2, 0.25) is 0 Å². The van der Waals surface area contributed by atoms with E-state index >= 15 is 0 Å². The topological polar surface area (TPSA) is 89.5 Å². The monoisotopic (exact) mass is 523 g/mol. The molecule has 0 spiro atoms. The first-order valence-corrected chi connectivity index (χ1v) is 14.2. The van der Waals surface area contributed by atoms with E-state index in [2.05, 4.69) is 24.9 Å². The summed E-state index contributed by atoms with van der Waals surface area (Å²) in [5, 5.41) is 0.602. The van der Waals surface area contributed by atoms with Gasteiger partial charge in [-0.2, -0.15) is 0 Å². The number of thiazole rings is 1. The summed E-state index contributed by atoms with van der Waals surface area (Å²) in [5.41, 5.74) is 2.91. The molecule has 0 unspecified atom stereocenters. The molecule has 36 heavy (non-hydrogen) atoms. The second-order valence-corrected chi connectivity index (χ2v) is 11.9. The molecule has 9 heteroatoms. The molecular weight excluding hydrogens is 494 g/mol. The molecule has 188 valence electrons. The van der Waals surface area contributed by atoms with Gasteiger partial charge in [0, 0.05) is 18.8 Å². The van der Waals surface area contributed by atoms with E-state index in [4.69, 9.17) is 9.72 Å². The molecule has 0 aliphatic rings. The standard InChI is InChI=1S/C27H29N3O4S2/c1-19(2)23-8-4-9-24-26(23)29-27(35-24)30(18-20-7-5-15-28-17-20)25(31)10-6-16-36(32,33)22-13-11-21(34-3)12-14-22/h4-5,7-9,11-15,17,19H,6,10,16,18H2,1-3H3. The molecule has 0 saturated carbocycles. The number of amides is 1. The number of pyridine rings is 1. The number of aromatic nitrogens is 2. The second-order valence-electron chi connectivity index (χ2n) is 8.78. The van der Waals surface area contributed by atoms with Gasteiger partial charge in [0.2, 0.25) is 5.91 Å². The van der Waals surface area contributed by atoms with E-state index < -0.39 is 9.84 Å². The SMILES string of the molecule is COc1ccc(S(=O)(=O)CCCC(=O)N(Cc2cccnc2)c2nc3c(C(C)C)cccc3s2)cc1. The third kappa shape index (κ3) is 5.91. The molecule has 2 aromatic heterocycles. The van der Waals surface area contributed by atoms with Crippen LogP contribution in [-0.4, -0.2) is 37.2 Å². The van der Waals surface area contributed by atoms with Crippen molar-refractivity contribution in [2.24, 2.45) is 0 Å². The van der Waals surface area contributed by atoms with Gasteiger partial charge in [-0.3, -0.25) is 14.7 Å². The average Bonchev–Trinajstić information content (AvgIpc) is 3.31. The van der Waals surface area contributed by atoms with Crippen molar-refractivity contribution in [3.05, 3.63) is 78.1 Å². The van der Waals surface area contributed by atoms with Crippen molar-refractivity contribution >= 4 is 42.4 Å². The summed E-state index contributed by atoms with van der Waals surface area (Å²) in [6.45, 7) is 4.56. The molecule has 0 aliphatic heterocycles. The van der Waals surface area contributed by atoms with Gasteiger partial charge in [0.1, 0.15) is 5.75 Å². The lowest BCUT2D eigenvalue weighted by molar-refractivity contribution is -0.118. The number of carbonyl (C=O) groups excluding carboxylic acids is 1. The van der Waals surface area contributed by atoms with Crippen molar-refractivity contribution < 1.29 is 17.9 Å². The Morgan fingerprint density at radius 2 is 1.86 bits per heavy atom. The first-order valence-electron chi connectivity index (χ1n) is 11.7. The van der Waals surface area contributed by atoms with E-state index in [1.54, 1.807) is 29.4 Å². The lowest BCUT2D eigenvalue weighted by Gasteiger charge is -2.20. The summed E-state index contributed by atoms with van der Waals surface area (Å²) in [6, 6.07) is 16.1. The van der Waals surface area contributed by atoms with Gasteiger partial charge in [-0.05, 0) is 59.9 Å². The normalized spacial score (nSPS) is 11.7. The fourth-order valence-corrected chi connectivity index (χ4v) is 6.25. The zero-order valence-electron chi connectivity index (χ0n) is 20.5. The summed E-state index contributed by atoms with van der Waals surface area (Å²) in [7, 11) is -1.99. The highest BCUT2D eigenvalue weighted by Crippen LogP contribution is 2.34. The van der Waals surface area contributed by atoms with Gasteiger partial charge < -0.3 is 4.74 Å². The van der Waals surface area contributed by atoms with Crippen LogP contribution in [0, 0.1) is 0 Å². The number of fused-ring (bicyclic) bond motifs is 1. The fraction of sp³-hybridized carbons (Fsp3) is 0.296. The molecule has 1 amide bonds. The van der Waals surface area contributed by atoms with Crippen LogP contribution in [0.1, 0.15) is 43.7 Å². The quantitative estimate of drug-likeness (QED) is 0.268. The molecule has 0 saturated heterocycles. The third-order valence-corrected chi connectivity index (χ3v) is 8.74. The van der Waals surface area contributed by atoms with Crippen molar-refractivity contribution in [2.45, 2.75) is 44.0 Å². The first-order chi connectivity index (χ1) is 17.3. The Kier molecular flexibility index (Phi) is 8.01. The third-order valence-electron chi connectivity index (χ3n) is 5.88. The Bertz CT molecular complexity index is 1430. The van der Waals surface area contributed by atoms with Gasteiger partial charge in [-0.15, -0.1) is 0 Å². The van der Waals surface area contributed by atoms with Gasteiger partial charge in [-0.1, -0.05) is 43.4 Å². The van der Waals surface area contributed by atoms with Gasteiger partial charge in [-0.25, -0.2) is 13.4 Å². The van der Waals surface area contributed by atoms with Crippen LogP contribution >= 0.6 is 11.3 Å². The molecule has 2 aromatic carbocycles. The molecule has 4 rings (SSSR count). The van der Waals surface area contributed by atoms with Gasteiger partial charge in [0.05, 0.1) is 34.5 Å². The van der Waals surface area contributed by atoms with Crippen LogP contribution in [0.25, 0.3) is 10.2 Å². The van der Waals surface area contributed by atoms with Crippen LogP contribution in [0.4, 0.5) is 5.13 Å². The fourth-order valence-electron chi connectivity index (χ4n) is 3.93. The van der Waals surface area contributed by atoms with Crippen molar-refractivity contribution in [3.63, 3.8) is 0 Å². The number of para-hydroxylation sites is 1. The molecule has 0 atom stereocenters. The number of carbonyl (C=O) groups is 1. The molecule has 0 radical (unpaired) electrons. The zero-order valence-corrected chi connectivity index (χ0v) is 22.2. The minimum atomic E-state index is -3.52. The van der Waals surface area contributed by atoms with Crippen LogP contribution < -0.4 is 9.64 Å².